The number of carbonyl (C=O) groups is 1. The molecule has 3 nitrogen and oxygen atoms in total. The number of hydrogen-bond acceptors (Lipinski definition) is 3. The minimum absolute atomic E-state index is 0.00102. The van der Waals surface area contributed by atoms with E-state index in [0.717, 1.165) is 31.5 Å². The Kier molecular flexibility index (Phi) is 4.70. The summed E-state index contributed by atoms with van der Waals surface area (Å²) in [6.45, 7) is 2.29. The van der Waals surface area contributed by atoms with Crippen LogP contribution in [0.4, 0.5) is 14.5 Å². The van der Waals surface area contributed by atoms with Gasteiger partial charge in [-0.15, -0.1) is 0 Å². The maximum absolute atomic E-state index is 13.9. The van der Waals surface area contributed by atoms with E-state index in [1.807, 2.05) is 14.1 Å². The number of anilines is 1. The summed E-state index contributed by atoms with van der Waals surface area (Å²) in [5, 5.41) is 0. The Labute approximate surface area is 118 Å². The number of carbonyl (C=O) groups excluding carboxylic acids is 1. The van der Waals surface area contributed by atoms with Crippen molar-refractivity contribution in [3.8, 4) is 0 Å². The quantitative estimate of drug-likeness (QED) is 0.793. The standard InChI is InChI=1S/C15H20F2N2O/c1-18(2)9-11-3-5-19(6-4-11)15-13(16)7-12(10-20)8-14(15)17/h7-8,10-11H,3-6,9H2,1-2H3. The Morgan fingerprint density at radius 3 is 2.25 bits per heavy atom. The van der Waals surface area contributed by atoms with E-state index in [0.29, 0.717) is 25.3 Å². The minimum atomic E-state index is -0.654. The van der Waals surface area contributed by atoms with Crippen molar-refractivity contribution in [2.24, 2.45) is 5.92 Å². The van der Waals surface area contributed by atoms with Crippen molar-refractivity contribution in [3.05, 3.63) is 29.3 Å². The van der Waals surface area contributed by atoms with Crippen LogP contribution in [0.1, 0.15) is 23.2 Å². The highest BCUT2D eigenvalue weighted by Crippen LogP contribution is 2.29. The van der Waals surface area contributed by atoms with Gasteiger partial charge in [0.15, 0.2) is 0 Å². The Morgan fingerprint density at radius 1 is 1.25 bits per heavy atom. The SMILES string of the molecule is CN(C)CC1CCN(c2c(F)cc(C=O)cc2F)CC1. The van der Waals surface area contributed by atoms with Gasteiger partial charge < -0.3 is 9.80 Å². The van der Waals surface area contributed by atoms with E-state index in [1.165, 1.54) is 0 Å². The van der Waals surface area contributed by atoms with Gasteiger partial charge in [-0.1, -0.05) is 0 Å². The van der Waals surface area contributed by atoms with Crippen molar-refractivity contribution < 1.29 is 13.6 Å². The van der Waals surface area contributed by atoms with Crippen molar-refractivity contribution in [2.75, 3.05) is 38.6 Å². The van der Waals surface area contributed by atoms with Crippen LogP contribution in [-0.2, 0) is 0 Å². The van der Waals surface area contributed by atoms with Crippen molar-refractivity contribution >= 4 is 12.0 Å². The van der Waals surface area contributed by atoms with Gasteiger partial charge in [-0.25, -0.2) is 8.78 Å². The number of aldehydes is 1. The molecule has 0 bridgehead atoms. The lowest BCUT2D eigenvalue weighted by Crippen LogP contribution is -2.38. The van der Waals surface area contributed by atoms with Crippen LogP contribution in [0.25, 0.3) is 0 Å². The molecule has 1 saturated heterocycles. The molecule has 5 heteroatoms. The molecule has 1 aromatic rings. The lowest BCUT2D eigenvalue weighted by atomic mass is 9.96. The third kappa shape index (κ3) is 3.33. The van der Waals surface area contributed by atoms with Crippen LogP contribution in [0.2, 0.25) is 0 Å². The number of halogens is 2. The largest absolute Gasteiger partial charge is 0.367 e. The normalized spacial score (nSPS) is 16.8. The molecule has 0 saturated carbocycles. The molecular formula is C15H20F2N2O. The average molecular weight is 282 g/mol. The first kappa shape index (κ1) is 14.9. The van der Waals surface area contributed by atoms with Crippen LogP contribution in [0.3, 0.4) is 0 Å². The summed E-state index contributed by atoms with van der Waals surface area (Å²) in [6, 6.07) is 2.19. The van der Waals surface area contributed by atoms with E-state index in [9.17, 15) is 13.6 Å². The lowest BCUT2D eigenvalue weighted by molar-refractivity contribution is 0.112. The maximum atomic E-state index is 13.9. The molecule has 0 spiro atoms. The van der Waals surface area contributed by atoms with E-state index >= 15 is 0 Å². The zero-order chi connectivity index (χ0) is 14.7. The zero-order valence-corrected chi connectivity index (χ0v) is 11.9. The smallest absolute Gasteiger partial charge is 0.150 e. The summed E-state index contributed by atoms with van der Waals surface area (Å²) in [6.07, 6.45) is 2.30. The van der Waals surface area contributed by atoms with E-state index in [1.54, 1.807) is 4.90 Å². The Morgan fingerprint density at radius 2 is 1.80 bits per heavy atom. The maximum Gasteiger partial charge on any atom is 0.150 e. The molecule has 0 amide bonds. The molecule has 1 aliphatic rings. The molecule has 0 atom stereocenters. The fourth-order valence-electron chi connectivity index (χ4n) is 2.81. The molecule has 0 unspecified atom stereocenters. The van der Waals surface area contributed by atoms with E-state index in [4.69, 9.17) is 0 Å². The highest BCUT2D eigenvalue weighted by atomic mass is 19.1. The van der Waals surface area contributed by atoms with E-state index in [-0.39, 0.29) is 11.3 Å². The fourth-order valence-corrected chi connectivity index (χ4v) is 2.81. The van der Waals surface area contributed by atoms with Crippen LogP contribution in [0.15, 0.2) is 12.1 Å². The molecule has 0 aromatic heterocycles. The first-order valence-electron chi connectivity index (χ1n) is 6.85. The number of rotatable bonds is 4. The lowest BCUT2D eigenvalue weighted by Gasteiger charge is -2.35. The number of nitrogens with zero attached hydrogens (tertiary/aromatic N) is 2. The van der Waals surface area contributed by atoms with Gasteiger partial charge in [0, 0.05) is 25.2 Å². The number of benzene rings is 1. The summed E-state index contributed by atoms with van der Waals surface area (Å²) >= 11 is 0. The second-order valence-corrected chi connectivity index (χ2v) is 5.64. The molecule has 1 fully saturated rings. The van der Waals surface area contributed by atoms with Crippen molar-refractivity contribution in [1.82, 2.24) is 4.90 Å². The Bertz CT molecular complexity index is 460. The molecule has 0 aliphatic carbocycles. The zero-order valence-electron chi connectivity index (χ0n) is 11.9. The highest BCUT2D eigenvalue weighted by molar-refractivity contribution is 5.76. The second-order valence-electron chi connectivity index (χ2n) is 5.64. The van der Waals surface area contributed by atoms with E-state index < -0.39 is 11.6 Å². The first-order chi connectivity index (χ1) is 9.51. The third-order valence-corrected chi connectivity index (χ3v) is 3.73. The summed E-state index contributed by atoms with van der Waals surface area (Å²) in [5.74, 6) is -0.738. The van der Waals surface area contributed by atoms with Gasteiger partial charge in [-0.2, -0.15) is 0 Å². The van der Waals surface area contributed by atoms with Crippen LogP contribution in [0.5, 0.6) is 0 Å². The van der Waals surface area contributed by atoms with Crippen molar-refractivity contribution in [1.29, 1.82) is 0 Å². The third-order valence-electron chi connectivity index (χ3n) is 3.73. The molecule has 1 aliphatic heterocycles. The van der Waals surface area contributed by atoms with Gasteiger partial charge in [-0.05, 0) is 45.0 Å². The second kappa shape index (κ2) is 6.31. The van der Waals surface area contributed by atoms with Crippen LogP contribution in [-0.4, -0.2) is 44.9 Å². The highest BCUT2D eigenvalue weighted by Gasteiger charge is 2.24. The molecule has 1 aromatic carbocycles. The molecule has 0 N–H and O–H groups in total. The van der Waals surface area contributed by atoms with Crippen molar-refractivity contribution in [3.63, 3.8) is 0 Å². The van der Waals surface area contributed by atoms with Gasteiger partial charge in [0.25, 0.3) is 0 Å². The van der Waals surface area contributed by atoms with E-state index in [2.05, 4.69) is 4.90 Å². The summed E-state index contributed by atoms with van der Waals surface area (Å²) in [5.41, 5.74) is 0.0325. The minimum Gasteiger partial charge on any atom is -0.367 e. The van der Waals surface area contributed by atoms with Gasteiger partial charge in [-0.3, -0.25) is 4.79 Å². The summed E-state index contributed by atoms with van der Waals surface area (Å²) in [7, 11) is 4.06. The van der Waals surface area contributed by atoms with Gasteiger partial charge in [0.05, 0.1) is 0 Å². The van der Waals surface area contributed by atoms with Gasteiger partial charge in [0.2, 0.25) is 0 Å². The topological polar surface area (TPSA) is 23.6 Å². The predicted molar refractivity (Wildman–Crippen MR) is 75.2 cm³/mol. The summed E-state index contributed by atoms with van der Waals surface area (Å²) < 4.78 is 27.9. The Balaban J connectivity index is 2.09. The molecule has 110 valence electrons. The number of hydrogen-bond donors (Lipinski definition) is 0. The van der Waals surface area contributed by atoms with Crippen LogP contribution in [0, 0.1) is 17.6 Å². The first-order valence-corrected chi connectivity index (χ1v) is 6.85. The monoisotopic (exact) mass is 282 g/mol. The summed E-state index contributed by atoms with van der Waals surface area (Å²) in [4.78, 5) is 14.5. The average Bonchev–Trinajstić information content (AvgIpc) is 2.39. The molecule has 20 heavy (non-hydrogen) atoms. The molecule has 1 heterocycles. The fraction of sp³-hybridized carbons (Fsp3) is 0.533. The molecule has 0 radical (unpaired) electrons. The number of piperidine rings is 1. The van der Waals surface area contributed by atoms with Crippen molar-refractivity contribution in [2.45, 2.75) is 12.8 Å². The van der Waals surface area contributed by atoms with Gasteiger partial charge in [0.1, 0.15) is 23.6 Å². The van der Waals surface area contributed by atoms with Crippen LogP contribution >= 0.6 is 0 Å². The van der Waals surface area contributed by atoms with Crippen LogP contribution < -0.4 is 4.90 Å². The Hall–Kier alpha value is -1.49. The molecular weight excluding hydrogens is 262 g/mol. The van der Waals surface area contributed by atoms with Gasteiger partial charge >= 0.3 is 0 Å². The predicted octanol–water partition coefficient (Wildman–Crippen LogP) is 2.56. The molecule has 2 rings (SSSR count).